The van der Waals surface area contributed by atoms with Crippen LogP contribution in [0.15, 0.2) is 29.8 Å². The smallest absolute Gasteiger partial charge is 0.345 e. The predicted molar refractivity (Wildman–Crippen MR) is 112 cm³/mol. The topological polar surface area (TPSA) is 108 Å². The first-order valence-corrected chi connectivity index (χ1v) is 10.0. The fourth-order valence-corrected chi connectivity index (χ4v) is 3.40. The normalized spacial score (nSPS) is 10.8. The van der Waals surface area contributed by atoms with Crippen molar-refractivity contribution in [3.8, 4) is 11.3 Å². The lowest BCUT2D eigenvalue weighted by atomic mass is 10.2. The van der Waals surface area contributed by atoms with Crippen molar-refractivity contribution in [2.45, 2.75) is 26.2 Å². The van der Waals surface area contributed by atoms with Gasteiger partial charge in [0, 0.05) is 17.5 Å². The van der Waals surface area contributed by atoms with E-state index in [9.17, 15) is 9.59 Å². The molecule has 0 saturated heterocycles. The van der Waals surface area contributed by atoms with Gasteiger partial charge < -0.3 is 10.4 Å². The number of amides is 2. The Morgan fingerprint density at radius 1 is 1.29 bits per heavy atom. The highest BCUT2D eigenvalue weighted by Gasteiger charge is 2.15. The fraction of sp³-hybridized carbons (Fsp3) is 0.278. The van der Waals surface area contributed by atoms with Gasteiger partial charge in [-0.25, -0.2) is 23.9 Å². The summed E-state index contributed by atoms with van der Waals surface area (Å²) in [5.41, 5.74) is 2.07. The van der Waals surface area contributed by atoms with E-state index in [1.54, 1.807) is 29.8 Å². The van der Waals surface area contributed by atoms with E-state index in [1.165, 1.54) is 0 Å². The van der Waals surface area contributed by atoms with Gasteiger partial charge in [-0.3, -0.25) is 4.98 Å². The number of urea groups is 1. The second kappa shape index (κ2) is 8.98. The number of anilines is 1. The molecule has 3 heterocycles. The molecule has 3 aromatic heterocycles. The number of nitrogens with zero attached hydrogens (tertiary/aromatic N) is 4. The highest BCUT2D eigenvalue weighted by Crippen LogP contribution is 2.25. The van der Waals surface area contributed by atoms with Crippen molar-refractivity contribution in [2.75, 3.05) is 10.8 Å². The minimum atomic E-state index is -0.985. The Morgan fingerprint density at radius 2 is 2.11 bits per heavy atom. The lowest BCUT2D eigenvalue weighted by Crippen LogP contribution is -2.35. The summed E-state index contributed by atoms with van der Waals surface area (Å²) >= 11 is 5.35. The monoisotopic (exact) mass is 417 g/mol. The van der Waals surface area contributed by atoms with Crippen LogP contribution >= 0.6 is 24.2 Å². The molecule has 0 spiro atoms. The quantitative estimate of drug-likeness (QED) is 0.396. The Labute approximate surface area is 171 Å². The Bertz CT molecular complexity index is 1010. The number of pyridine rings is 1. The fourth-order valence-electron chi connectivity index (χ4n) is 2.48. The molecule has 0 fully saturated rings. The van der Waals surface area contributed by atoms with Crippen molar-refractivity contribution in [3.05, 3.63) is 34.7 Å². The van der Waals surface area contributed by atoms with Crippen LogP contribution in [0.4, 0.5) is 10.6 Å². The zero-order valence-electron chi connectivity index (χ0n) is 15.1. The van der Waals surface area contributed by atoms with E-state index < -0.39 is 5.97 Å². The van der Waals surface area contributed by atoms with Crippen LogP contribution in [0.5, 0.6) is 0 Å². The predicted octanol–water partition coefficient (Wildman–Crippen LogP) is 4.00. The Balaban J connectivity index is 1.81. The molecule has 146 valence electrons. The summed E-state index contributed by atoms with van der Waals surface area (Å²) in [5, 5.41) is 13.6. The number of aromatic nitrogens is 3. The largest absolute Gasteiger partial charge is 0.477 e. The van der Waals surface area contributed by atoms with Gasteiger partial charge in [-0.1, -0.05) is 32.6 Å². The first-order valence-electron chi connectivity index (χ1n) is 8.72. The maximum Gasteiger partial charge on any atom is 0.345 e. The van der Waals surface area contributed by atoms with Crippen LogP contribution in [0.1, 0.15) is 35.9 Å². The number of thiol groups is 1. The number of aromatic carboxylic acids is 1. The van der Waals surface area contributed by atoms with Crippen molar-refractivity contribution in [1.29, 1.82) is 0 Å². The molecule has 2 amide bonds. The van der Waals surface area contributed by atoms with E-state index in [0.717, 1.165) is 34.9 Å². The number of hydrogen-bond donors (Lipinski definition) is 3. The first-order chi connectivity index (χ1) is 13.5. The SMILES string of the molecule is CCCCCNC(=O)N(S)c1ccc2ncc(-c3csc(C(=O)O)c3)nc2n1. The second-order valence-electron chi connectivity index (χ2n) is 6.02. The molecule has 0 unspecified atom stereocenters. The van der Waals surface area contributed by atoms with E-state index in [1.807, 2.05) is 0 Å². The molecule has 28 heavy (non-hydrogen) atoms. The number of rotatable bonds is 7. The van der Waals surface area contributed by atoms with Gasteiger partial charge >= 0.3 is 12.0 Å². The molecule has 0 aliphatic carbocycles. The van der Waals surface area contributed by atoms with Crippen LogP contribution in [-0.2, 0) is 0 Å². The third kappa shape index (κ3) is 4.57. The maximum absolute atomic E-state index is 12.2. The van der Waals surface area contributed by atoms with Crippen molar-refractivity contribution < 1.29 is 14.7 Å². The number of carbonyl (C=O) groups is 2. The highest BCUT2D eigenvalue weighted by atomic mass is 32.1. The van der Waals surface area contributed by atoms with Gasteiger partial charge in [-0.05, 0) is 24.6 Å². The Hall–Kier alpha value is -2.72. The van der Waals surface area contributed by atoms with Crippen LogP contribution in [0, 0.1) is 0 Å². The maximum atomic E-state index is 12.2. The molecule has 0 radical (unpaired) electrons. The zero-order chi connectivity index (χ0) is 20.1. The molecular weight excluding hydrogens is 398 g/mol. The van der Waals surface area contributed by atoms with Gasteiger partial charge in [0.2, 0.25) is 0 Å². The Kier molecular flexibility index (Phi) is 6.42. The lowest BCUT2D eigenvalue weighted by molar-refractivity contribution is 0.0702. The van der Waals surface area contributed by atoms with Crippen LogP contribution in [-0.4, -0.2) is 38.6 Å². The molecule has 8 nitrogen and oxygen atoms in total. The summed E-state index contributed by atoms with van der Waals surface area (Å²) in [4.78, 5) is 36.6. The van der Waals surface area contributed by atoms with Crippen LogP contribution in [0.2, 0.25) is 0 Å². The second-order valence-corrected chi connectivity index (χ2v) is 7.33. The summed E-state index contributed by atoms with van der Waals surface area (Å²) in [6.45, 7) is 2.67. The summed E-state index contributed by atoms with van der Waals surface area (Å²) in [6.07, 6.45) is 4.59. The number of unbranched alkanes of at least 4 members (excludes halogenated alkanes) is 2. The lowest BCUT2D eigenvalue weighted by Gasteiger charge is -2.15. The average Bonchev–Trinajstić information content (AvgIpc) is 3.20. The average molecular weight is 418 g/mol. The molecule has 3 rings (SSSR count). The minimum Gasteiger partial charge on any atom is -0.477 e. The third-order valence-electron chi connectivity index (χ3n) is 3.96. The summed E-state index contributed by atoms with van der Waals surface area (Å²) in [5.74, 6) is -0.659. The summed E-state index contributed by atoms with van der Waals surface area (Å²) < 4.78 is 1.13. The number of nitrogens with one attached hydrogen (secondary N) is 1. The van der Waals surface area contributed by atoms with Gasteiger partial charge in [0.15, 0.2) is 5.65 Å². The minimum absolute atomic E-state index is 0.222. The number of hydrogen-bond acceptors (Lipinski definition) is 7. The van der Waals surface area contributed by atoms with Gasteiger partial charge in [0.25, 0.3) is 0 Å². The molecule has 0 bridgehead atoms. The molecule has 3 aromatic rings. The van der Waals surface area contributed by atoms with Crippen LogP contribution in [0.3, 0.4) is 0 Å². The molecule has 10 heteroatoms. The van der Waals surface area contributed by atoms with Crippen LogP contribution in [0.25, 0.3) is 22.4 Å². The molecular formula is C18H19N5O3S2. The van der Waals surface area contributed by atoms with Crippen molar-refractivity contribution in [3.63, 3.8) is 0 Å². The molecule has 0 aliphatic heterocycles. The summed E-state index contributed by atoms with van der Waals surface area (Å²) in [7, 11) is 0. The number of carbonyl (C=O) groups excluding carboxylic acids is 1. The highest BCUT2D eigenvalue weighted by molar-refractivity contribution is 7.82. The van der Waals surface area contributed by atoms with E-state index in [2.05, 4.69) is 40.0 Å². The van der Waals surface area contributed by atoms with Gasteiger partial charge in [-0.2, -0.15) is 0 Å². The van der Waals surface area contributed by atoms with E-state index in [-0.39, 0.29) is 10.9 Å². The van der Waals surface area contributed by atoms with Gasteiger partial charge in [-0.15, -0.1) is 11.3 Å². The van der Waals surface area contributed by atoms with Crippen molar-refractivity contribution in [2.24, 2.45) is 0 Å². The summed E-state index contributed by atoms with van der Waals surface area (Å²) in [6, 6.07) is 4.53. The first kappa shape index (κ1) is 20.0. The number of fused-ring (bicyclic) bond motifs is 1. The molecule has 0 atom stereocenters. The van der Waals surface area contributed by atoms with E-state index >= 15 is 0 Å². The van der Waals surface area contributed by atoms with Crippen molar-refractivity contribution in [1.82, 2.24) is 20.3 Å². The van der Waals surface area contributed by atoms with Gasteiger partial charge in [0.05, 0.1) is 11.9 Å². The molecule has 2 N–H and O–H groups in total. The third-order valence-corrected chi connectivity index (χ3v) is 5.27. The van der Waals surface area contributed by atoms with Gasteiger partial charge in [0.1, 0.15) is 16.2 Å². The molecule has 0 aliphatic rings. The van der Waals surface area contributed by atoms with Crippen LogP contribution < -0.4 is 9.62 Å². The zero-order valence-corrected chi connectivity index (χ0v) is 16.8. The standard InChI is InChI=1S/C18H19N5O3S2/c1-2-3-4-7-19-18(26)23(27)15-6-5-12-16(22-15)21-13(9-20-12)11-8-14(17(24)25)28-10-11/h5-6,8-10,27H,2-4,7H2,1H3,(H,19,26)(H,24,25). The Morgan fingerprint density at radius 3 is 2.82 bits per heavy atom. The van der Waals surface area contributed by atoms with E-state index in [4.69, 9.17) is 5.11 Å². The number of thiophene rings is 1. The van der Waals surface area contributed by atoms with Crippen molar-refractivity contribution >= 4 is 53.1 Å². The number of carboxylic acid groups (broad SMARTS) is 1. The van der Waals surface area contributed by atoms with E-state index in [0.29, 0.717) is 34.8 Å². The molecule has 0 saturated carbocycles. The molecule has 0 aromatic carbocycles. The number of carboxylic acids is 1.